The van der Waals surface area contributed by atoms with Crippen molar-refractivity contribution < 1.29 is 19.1 Å². The Kier molecular flexibility index (Phi) is 4.16. The van der Waals surface area contributed by atoms with E-state index in [4.69, 9.17) is 9.47 Å². The molecule has 19 heavy (non-hydrogen) atoms. The van der Waals surface area contributed by atoms with Gasteiger partial charge in [-0.05, 0) is 17.7 Å². The number of nitrogens with zero attached hydrogens (tertiary/aromatic N) is 1. The number of carbonyl (C=O) groups excluding carboxylic acids is 2. The number of carbonyl (C=O) groups is 2. The molecule has 1 aromatic rings. The highest BCUT2D eigenvalue weighted by Crippen LogP contribution is 2.26. The van der Waals surface area contributed by atoms with Crippen LogP contribution in [-0.4, -0.2) is 32.6 Å². The van der Waals surface area contributed by atoms with Gasteiger partial charge in [-0.1, -0.05) is 12.1 Å². The van der Waals surface area contributed by atoms with Crippen LogP contribution >= 0.6 is 0 Å². The van der Waals surface area contributed by atoms with Crippen molar-refractivity contribution in [2.24, 2.45) is 5.92 Å². The van der Waals surface area contributed by atoms with E-state index in [1.165, 1.54) is 7.11 Å². The number of benzene rings is 1. The van der Waals surface area contributed by atoms with Gasteiger partial charge >= 0.3 is 5.97 Å². The number of methoxy groups -OCH3 is 2. The maximum Gasteiger partial charge on any atom is 0.311 e. The van der Waals surface area contributed by atoms with Crippen molar-refractivity contribution in [3.63, 3.8) is 0 Å². The number of anilines is 1. The van der Waals surface area contributed by atoms with Gasteiger partial charge in [0.15, 0.2) is 0 Å². The molecule has 1 atom stereocenters. The molecule has 5 heteroatoms. The van der Waals surface area contributed by atoms with Gasteiger partial charge in [-0.3, -0.25) is 9.59 Å². The molecule has 1 fully saturated rings. The zero-order chi connectivity index (χ0) is 13.8. The van der Waals surface area contributed by atoms with E-state index in [1.54, 1.807) is 12.0 Å². The third-order valence-corrected chi connectivity index (χ3v) is 3.19. The number of hydrogen-bond donors (Lipinski definition) is 0. The third-order valence-electron chi connectivity index (χ3n) is 3.19. The number of amides is 1. The molecule has 1 aromatic carbocycles. The van der Waals surface area contributed by atoms with Gasteiger partial charge in [0, 0.05) is 25.8 Å². The molecule has 0 saturated carbocycles. The molecule has 1 aliphatic heterocycles. The SMILES string of the molecule is COCc1cccc(N2CC(C(=O)OC)CC2=O)c1. The van der Waals surface area contributed by atoms with E-state index in [-0.39, 0.29) is 24.2 Å². The summed E-state index contributed by atoms with van der Waals surface area (Å²) in [5, 5.41) is 0. The number of hydrogen-bond acceptors (Lipinski definition) is 4. The normalized spacial score (nSPS) is 18.7. The van der Waals surface area contributed by atoms with Crippen LogP contribution in [0.5, 0.6) is 0 Å². The molecule has 0 spiro atoms. The quantitative estimate of drug-likeness (QED) is 0.770. The van der Waals surface area contributed by atoms with E-state index in [0.29, 0.717) is 13.2 Å². The van der Waals surface area contributed by atoms with Crippen LogP contribution in [-0.2, 0) is 25.7 Å². The van der Waals surface area contributed by atoms with Crippen LogP contribution in [0.15, 0.2) is 24.3 Å². The molecule has 102 valence electrons. The molecule has 0 radical (unpaired) electrons. The Morgan fingerprint density at radius 1 is 1.42 bits per heavy atom. The summed E-state index contributed by atoms with van der Waals surface area (Å²) in [4.78, 5) is 25.1. The van der Waals surface area contributed by atoms with Gasteiger partial charge in [0.2, 0.25) is 5.91 Å². The first-order valence-corrected chi connectivity index (χ1v) is 6.11. The highest BCUT2D eigenvalue weighted by atomic mass is 16.5. The Morgan fingerprint density at radius 2 is 2.21 bits per heavy atom. The molecular formula is C14H17NO4. The van der Waals surface area contributed by atoms with Gasteiger partial charge in [-0.15, -0.1) is 0 Å². The lowest BCUT2D eigenvalue weighted by Crippen LogP contribution is -2.26. The molecule has 0 aliphatic carbocycles. The lowest BCUT2D eigenvalue weighted by Gasteiger charge is -2.17. The minimum atomic E-state index is -0.372. The summed E-state index contributed by atoms with van der Waals surface area (Å²) in [7, 11) is 2.97. The molecule has 1 aliphatic rings. The summed E-state index contributed by atoms with van der Waals surface area (Å²) in [5.41, 5.74) is 1.79. The topological polar surface area (TPSA) is 55.8 Å². The number of esters is 1. The third kappa shape index (κ3) is 2.93. The van der Waals surface area contributed by atoms with Gasteiger partial charge in [0.25, 0.3) is 0 Å². The summed E-state index contributed by atoms with van der Waals surface area (Å²) >= 11 is 0. The van der Waals surface area contributed by atoms with Gasteiger partial charge < -0.3 is 14.4 Å². The van der Waals surface area contributed by atoms with Crippen molar-refractivity contribution in [3.8, 4) is 0 Å². The van der Waals surface area contributed by atoms with Crippen LogP contribution in [0.2, 0.25) is 0 Å². The largest absolute Gasteiger partial charge is 0.469 e. The van der Waals surface area contributed by atoms with Crippen LogP contribution in [0.3, 0.4) is 0 Å². The average molecular weight is 263 g/mol. The number of ether oxygens (including phenoxy) is 2. The molecule has 1 saturated heterocycles. The highest BCUT2D eigenvalue weighted by molar-refractivity contribution is 5.99. The van der Waals surface area contributed by atoms with E-state index < -0.39 is 0 Å². The second kappa shape index (κ2) is 5.84. The molecule has 0 aromatic heterocycles. The molecule has 5 nitrogen and oxygen atoms in total. The first-order valence-electron chi connectivity index (χ1n) is 6.11. The molecule has 1 unspecified atom stereocenters. The molecule has 0 N–H and O–H groups in total. The zero-order valence-corrected chi connectivity index (χ0v) is 11.1. The second-order valence-electron chi connectivity index (χ2n) is 4.53. The predicted octanol–water partition coefficient (Wildman–Crippen LogP) is 1.36. The summed E-state index contributed by atoms with van der Waals surface area (Å²) < 4.78 is 9.76. The van der Waals surface area contributed by atoms with E-state index >= 15 is 0 Å². The fourth-order valence-corrected chi connectivity index (χ4v) is 2.26. The highest BCUT2D eigenvalue weighted by Gasteiger charge is 2.35. The Balaban J connectivity index is 2.16. The molecule has 1 heterocycles. The van der Waals surface area contributed by atoms with Crippen LogP contribution in [0.4, 0.5) is 5.69 Å². The monoisotopic (exact) mass is 263 g/mol. The maximum absolute atomic E-state index is 12.0. The first-order chi connectivity index (χ1) is 9.15. The van der Waals surface area contributed by atoms with Crippen molar-refractivity contribution in [3.05, 3.63) is 29.8 Å². The minimum absolute atomic E-state index is 0.0510. The maximum atomic E-state index is 12.0. The van der Waals surface area contributed by atoms with Gasteiger partial charge in [-0.25, -0.2) is 0 Å². The Bertz CT molecular complexity index is 486. The summed E-state index contributed by atoms with van der Waals surface area (Å²) in [6.45, 7) is 0.873. The van der Waals surface area contributed by atoms with Gasteiger partial charge in [0.05, 0.1) is 19.6 Å². The van der Waals surface area contributed by atoms with Crippen molar-refractivity contribution in [2.45, 2.75) is 13.0 Å². The van der Waals surface area contributed by atoms with Gasteiger partial charge in [-0.2, -0.15) is 0 Å². The molecule has 2 rings (SSSR count). The van der Waals surface area contributed by atoms with Crippen molar-refractivity contribution in [2.75, 3.05) is 25.7 Å². The summed E-state index contributed by atoms with van der Waals surface area (Å²) in [6.07, 6.45) is 0.210. The zero-order valence-electron chi connectivity index (χ0n) is 11.1. The van der Waals surface area contributed by atoms with E-state index in [2.05, 4.69) is 0 Å². The Hall–Kier alpha value is -1.88. The van der Waals surface area contributed by atoms with Crippen LogP contribution in [0.25, 0.3) is 0 Å². The van der Waals surface area contributed by atoms with E-state index in [0.717, 1.165) is 11.3 Å². The standard InChI is InChI=1S/C14H17NO4/c1-18-9-10-4-3-5-12(6-10)15-8-11(7-13(15)16)14(17)19-2/h3-6,11H,7-9H2,1-2H3. The molecular weight excluding hydrogens is 246 g/mol. The van der Waals surface area contributed by atoms with Crippen molar-refractivity contribution >= 4 is 17.6 Å². The van der Waals surface area contributed by atoms with Gasteiger partial charge in [0.1, 0.15) is 0 Å². The van der Waals surface area contributed by atoms with Crippen LogP contribution in [0, 0.1) is 5.92 Å². The Morgan fingerprint density at radius 3 is 2.89 bits per heavy atom. The van der Waals surface area contributed by atoms with Crippen molar-refractivity contribution in [1.29, 1.82) is 0 Å². The molecule has 0 bridgehead atoms. The smallest absolute Gasteiger partial charge is 0.311 e. The summed E-state index contributed by atoms with van der Waals surface area (Å²) in [5.74, 6) is -0.752. The minimum Gasteiger partial charge on any atom is -0.469 e. The van der Waals surface area contributed by atoms with Crippen molar-refractivity contribution in [1.82, 2.24) is 0 Å². The summed E-state index contributed by atoms with van der Waals surface area (Å²) in [6, 6.07) is 7.57. The second-order valence-corrected chi connectivity index (χ2v) is 4.53. The average Bonchev–Trinajstić information content (AvgIpc) is 2.81. The first kappa shape index (κ1) is 13.5. The molecule has 1 amide bonds. The number of rotatable bonds is 4. The van der Waals surface area contributed by atoms with E-state index in [1.807, 2.05) is 24.3 Å². The Labute approximate surface area is 112 Å². The fraction of sp³-hybridized carbons (Fsp3) is 0.429. The predicted molar refractivity (Wildman–Crippen MR) is 69.6 cm³/mol. The van der Waals surface area contributed by atoms with Crippen LogP contribution < -0.4 is 4.90 Å². The lowest BCUT2D eigenvalue weighted by atomic mass is 10.1. The lowest BCUT2D eigenvalue weighted by molar-refractivity contribution is -0.145. The van der Waals surface area contributed by atoms with E-state index in [9.17, 15) is 9.59 Å². The van der Waals surface area contributed by atoms with Crippen LogP contribution in [0.1, 0.15) is 12.0 Å². The fourth-order valence-electron chi connectivity index (χ4n) is 2.26.